The lowest BCUT2D eigenvalue weighted by molar-refractivity contribution is -0.153. The smallest absolute Gasteiger partial charge is 0.251 e. The van der Waals surface area contributed by atoms with Crippen LogP contribution in [0.25, 0.3) is 0 Å². The van der Waals surface area contributed by atoms with Crippen molar-refractivity contribution in [3.63, 3.8) is 0 Å². The number of amides is 3. The third kappa shape index (κ3) is 3.40. The molecule has 3 amide bonds. The number of nitrogens with zero attached hydrogens (tertiary/aromatic N) is 2. The Kier molecular flexibility index (Phi) is 5.08. The summed E-state index contributed by atoms with van der Waals surface area (Å²) in [5.74, 6) is 1.23. The van der Waals surface area contributed by atoms with Crippen molar-refractivity contribution in [2.75, 3.05) is 24.7 Å². The summed E-state index contributed by atoms with van der Waals surface area (Å²) in [6.45, 7) is 3.19. The monoisotopic (exact) mass is 347 g/mol. The summed E-state index contributed by atoms with van der Waals surface area (Å²) in [5, 5.41) is 2.83. The number of hydrogen-bond donors (Lipinski definition) is 1. The molecule has 2 fully saturated rings. The summed E-state index contributed by atoms with van der Waals surface area (Å²) in [6, 6.07) is 6.89. The Morgan fingerprint density at radius 2 is 2.04 bits per heavy atom. The maximum atomic E-state index is 12.5. The van der Waals surface area contributed by atoms with Crippen LogP contribution in [0, 0.1) is 0 Å². The Balaban J connectivity index is 1.64. The molecule has 1 atom stereocenters. The summed E-state index contributed by atoms with van der Waals surface area (Å²) in [7, 11) is 0. The fraction of sp³-hybridized carbons (Fsp3) is 0.471. The predicted molar refractivity (Wildman–Crippen MR) is 92.4 cm³/mol. The van der Waals surface area contributed by atoms with Crippen LogP contribution in [0.15, 0.2) is 24.3 Å². The van der Waals surface area contributed by atoms with E-state index in [4.69, 9.17) is 0 Å². The van der Waals surface area contributed by atoms with Crippen LogP contribution < -0.4 is 5.32 Å². The van der Waals surface area contributed by atoms with Gasteiger partial charge in [-0.15, -0.1) is 11.8 Å². The number of thioether (sulfide) groups is 1. The molecule has 0 radical (unpaired) electrons. The van der Waals surface area contributed by atoms with Crippen LogP contribution in [0.2, 0.25) is 0 Å². The van der Waals surface area contributed by atoms with Crippen molar-refractivity contribution in [1.82, 2.24) is 15.1 Å². The highest BCUT2D eigenvalue weighted by Crippen LogP contribution is 2.26. The third-order valence-electron chi connectivity index (χ3n) is 4.25. The van der Waals surface area contributed by atoms with E-state index in [2.05, 4.69) is 5.32 Å². The number of piperazine rings is 1. The van der Waals surface area contributed by atoms with E-state index in [-0.39, 0.29) is 30.3 Å². The Bertz CT molecular complexity index is 647. The van der Waals surface area contributed by atoms with Gasteiger partial charge in [-0.05, 0) is 24.1 Å². The zero-order valence-electron chi connectivity index (χ0n) is 13.7. The van der Waals surface area contributed by atoms with Gasteiger partial charge in [0.2, 0.25) is 11.8 Å². The average molecular weight is 347 g/mol. The summed E-state index contributed by atoms with van der Waals surface area (Å²) >= 11 is 1.62. The van der Waals surface area contributed by atoms with Gasteiger partial charge in [-0.2, -0.15) is 0 Å². The Hall–Kier alpha value is -2.02. The predicted octanol–water partition coefficient (Wildman–Crippen LogP) is 1.07. The highest BCUT2D eigenvalue weighted by Gasteiger charge is 2.42. The maximum Gasteiger partial charge on any atom is 0.251 e. The fourth-order valence-electron chi connectivity index (χ4n) is 2.89. The number of carbonyl (C=O) groups is 3. The molecule has 0 unspecified atom stereocenters. The summed E-state index contributed by atoms with van der Waals surface area (Å²) in [5.41, 5.74) is 1.52. The Morgan fingerprint density at radius 3 is 2.75 bits per heavy atom. The minimum absolute atomic E-state index is 0.0140. The van der Waals surface area contributed by atoms with Gasteiger partial charge in [-0.25, -0.2) is 0 Å². The van der Waals surface area contributed by atoms with Crippen molar-refractivity contribution >= 4 is 29.5 Å². The molecule has 1 aromatic carbocycles. The number of carbonyl (C=O) groups excluding carboxylic acids is 3. The van der Waals surface area contributed by atoms with Gasteiger partial charge in [0.25, 0.3) is 5.91 Å². The standard InChI is InChI=1S/C17H21N3O3S/c1-2-7-18-16(22)13-5-3-12(4-6-13)8-19-9-15(21)20-11-24-10-14(20)17(19)23/h3-6,14H,2,7-11H2,1H3,(H,18,22)/t14-/m1/s1. The van der Waals surface area contributed by atoms with Crippen LogP contribution in [0.1, 0.15) is 29.3 Å². The van der Waals surface area contributed by atoms with E-state index in [1.807, 2.05) is 19.1 Å². The lowest BCUT2D eigenvalue weighted by Crippen LogP contribution is -2.57. The van der Waals surface area contributed by atoms with Gasteiger partial charge in [0.05, 0.1) is 5.88 Å². The van der Waals surface area contributed by atoms with E-state index in [0.717, 1.165) is 12.0 Å². The van der Waals surface area contributed by atoms with E-state index in [9.17, 15) is 14.4 Å². The normalized spacial score (nSPS) is 20.3. The molecule has 3 rings (SSSR count). The first-order chi connectivity index (χ1) is 11.6. The lowest BCUT2D eigenvalue weighted by atomic mass is 10.1. The lowest BCUT2D eigenvalue weighted by Gasteiger charge is -2.35. The molecule has 0 aliphatic carbocycles. The minimum atomic E-state index is -0.310. The van der Waals surface area contributed by atoms with Gasteiger partial charge in [-0.1, -0.05) is 19.1 Å². The first-order valence-corrected chi connectivity index (χ1v) is 9.28. The molecule has 24 heavy (non-hydrogen) atoms. The quantitative estimate of drug-likeness (QED) is 0.865. The first kappa shape index (κ1) is 16.8. The zero-order valence-corrected chi connectivity index (χ0v) is 14.5. The van der Waals surface area contributed by atoms with E-state index in [1.165, 1.54) is 0 Å². The van der Waals surface area contributed by atoms with E-state index >= 15 is 0 Å². The Morgan fingerprint density at radius 1 is 1.29 bits per heavy atom. The molecule has 128 valence electrons. The van der Waals surface area contributed by atoms with Gasteiger partial charge in [0.1, 0.15) is 12.6 Å². The molecule has 2 aliphatic heterocycles. The molecule has 2 saturated heterocycles. The molecule has 0 saturated carbocycles. The van der Waals surface area contributed by atoms with Crippen molar-refractivity contribution in [2.24, 2.45) is 0 Å². The topological polar surface area (TPSA) is 69.7 Å². The molecule has 0 aromatic heterocycles. The van der Waals surface area contributed by atoms with Gasteiger partial charge < -0.3 is 15.1 Å². The molecular weight excluding hydrogens is 326 g/mol. The van der Waals surface area contributed by atoms with E-state index in [1.54, 1.807) is 33.7 Å². The highest BCUT2D eigenvalue weighted by atomic mass is 32.2. The van der Waals surface area contributed by atoms with Crippen LogP contribution in [0.4, 0.5) is 0 Å². The van der Waals surface area contributed by atoms with E-state index in [0.29, 0.717) is 30.3 Å². The van der Waals surface area contributed by atoms with Crippen molar-refractivity contribution < 1.29 is 14.4 Å². The van der Waals surface area contributed by atoms with Crippen molar-refractivity contribution in [3.05, 3.63) is 35.4 Å². The number of hydrogen-bond acceptors (Lipinski definition) is 4. The molecular formula is C17H21N3O3S. The molecule has 6 nitrogen and oxygen atoms in total. The zero-order chi connectivity index (χ0) is 17.1. The highest BCUT2D eigenvalue weighted by molar-refractivity contribution is 7.99. The molecule has 1 N–H and O–H groups in total. The van der Waals surface area contributed by atoms with Crippen molar-refractivity contribution in [3.8, 4) is 0 Å². The SMILES string of the molecule is CCCNC(=O)c1ccc(CN2CC(=O)N3CSC[C@@H]3C2=O)cc1. The first-order valence-electron chi connectivity index (χ1n) is 8.13. The largest absolute Gasteiger partial charge is 0.352 e. The molecule has 1 aromatic rings. The average Bonchev–Trinajstić information content (AvgIpc) is 3.08. The van der Waals surface area contributed by atoms with Crippen LogP contribution in [0.3, 0.4) is 0 Å². The van der Waals surface area contributed by atoms with E-state index < -0.39 is 0 Å². The molecule has 2 aliphatic rings. The fourth-order valence-corrected chi connectivity index (χ4v) is 4.06. The van der Waals surface area contributed by atoms with Gasteiger partial charge >= 0.3 is 0 Å². The van der Waals surface area contributed by atoms with Crippen molar-refractivity contribution in [1.29, 1.82) is 0 Å². The number of fused-ring (bicyclic) bond motifs is 1. The van der Waals surface area contributed by atoms with Crippen LogP contribution in [0.5, 0.6) is 0 Å². The van der Waals surface area contributed by atoms with Crippen LogP contribution >= 0.6 is 11.8 Å². The number of rotatable bonds is 5. The molecule has 7 heteroatoms. The maximum absolute atomic E-state index is 12.5. The second kappa shape index (κ2) is 7.25. The summed E-state index contributed by atoms with van der Waals surface area (Å²) in [6.07, 6.45) is 0.894. The molecule has 0 bridgehead atoms. The summed E-state index contributed by atoms with van der Waals surface area (Å²) in [4.78, 5) is 39.8. The molecule has 0 spiro atoms. The van der Waals surface area contributed by atoms with Gasteiger partial charge in [-0.3, -0.25) is 14.4 Å². The summed E-state index contributed by atoms with van der Waals surface area (Å²) < 4.78 is 0. The van der Waals surface area contributed by atoms with Crippen LogP contribution in [-0.4, -0.2) is 58.3 Å². The molecule has 2 heterocycles. The van der Waals surface area contributed by atoms with Crippen LogP contribution in [-0.2, 0) is 16.1 Å². The van der Waals surface area contributed by atoms with Gasteiger partial charge in [0.15, 0.2) is 0 Å². The third-order valence-corrected chi connectivity index (χ3v) is 5.26. The minimum Gasteiger partial charge on any atom is -0.352 e. The number of nitrogens with one attached hydrogen (secondary N) is 1. The van der Waals surface area contributed by atoms with Gasteiger partial charge in [0, 0.05) is 24.4 Å². The van der Waals surface area contributed by atoms with Crippen molar-refractivity contribution in [2.45, 2.75) is 25.9 Å². The number of benzene rings is 1. The second-order valence-electron chi connectivity index (χ2n) is 6.03. The Labute approximate surface area is 145 Å². The second-order valence-corrected chi connectivity index (χ2v) is 7.03.